The standard InChI is InChI=1S/C48H82O15/c1-3-5-7-9-11-13-15-17-19-20-22-24-26-28-30-39(50)58-33-36(61-40(51)31-29-27-25-23-21-18-16-14-12-10-8-6-4-2)34-59-47-46(57)44(55)42(53)38(63-47)35-60-48-45(56)43(54)41(52)37(32-49)62-48/h6,8,10,12,14,16,18,21,36-38,41-49,52-57H,3-5,7,9,11,13,15,17,19-20,22-35H2,1-2H3/b8-6+,12-10+,16-14+,21-18+/t36?,37-,38-,41+,42+,43?,44?,45?,46?,47-,48-/m1/s1. The van der Waals surface area contributed by atoms with Gasteiger partial charge in [-0.1, -0.05) is 152 Å². The number of allylic oxidation sites excluding steroid dienone is 8. The molecule has 0 spiro atoms. The summed E-state index contributed by atoms with van der Waals surface area (Å²) in [5, 5.41) is 71.9. The van der Waals surface area contributed by atoms with Crippen molar-refractivity contribution in [2.24, 2.45) is 0 Å². The molecule has 364 valence electrons. The molecule has 2 aliphatic rings. The number of hydrogen-bond donors (Lipinski definition) is 7. The molecule has 0 aromatic carbocycles. The molecule has 0 saturated carbocycles. The molecule has 0 radical (unpaired) electrons. The third-order valence-corrected chi connectivity index (χ3v) is 11.2. The van der Waals surface area contributed by atoms with E-state index in [-0.39, 0.29) is 19.4 Å². The van der Waals surface area contributed by atoms with Gasteiger partial charge in [0.2, 0.25) is 0 Å². The Morgan fingerprint density at radius 2 is 1.00 bits per heavy atom. The van der Waals surface area contributed by atoms with Crippen molar-refractivity contribution in [3.63, 3.8) is 0 Å². The van der Waals surface area contributed by atoms with Crippen LogP contribution in [0.5, 0.6) is 0 Å². The molecule has 2 fully saturated rings. The Labute approximate surface area is 376 Å². The molecule has 2 aliphatic heterocycles. The third kappa shape index (κ3) is 24.5. The number of carbonyl (C=O) groups is 2. The van der Waals surface area contributed by atoms with Gasteiger partial charge in [0, 0.05) is 12.8 Å². The van der Waals surface area contributed by atoms with E-state index in [0.717, 1.165) is 44.9 Å². The maximum absolute atomic E-state index is 12.9. The minimum Gasteiger partial charge on any atom is -0.462 e. The summed E-state index contributed by atoms with van der Waals surface area (Å²) in [6.45, 7) is 2.39. The highest BCUT2D eigenvalue weighted by atomic mass is 16.7. The monoisotopic (exact) mass is 899 g/mol. The molecule has 2 heterocycles. The summed E-state index contributed by atoms with van der Waals surface area (Å²) in [7, 11) is 0. The number of hydrogen-bond acceptors (Lipinski definition) is 15. The minimum atomic E-state index is -1.77. The second-order valence-corrected chi connectivity index (χ2v) is 16.7. The largest absolute Gasteiger partial charge is 0.462 e. The zero-order valence-corrected chi connectivity index (χ0v) is 38.0. The number of unbranched alkanes of at least 4 members (excludes halogenated alkanes) is 16. The number of rotatable bonds is 35. The molecule has 15 heteroatoms. The van der Waals surface area contributed by atoms with Crippen molar-refractivity contribution in [3.05, 3.63) is 48.6 Å². The van der Waals surface area contributed by atoms with E-state index in [1.165, 1.54) is 64.2 Å². The molecule has 0 bridgehead atoms. The molecule has 15 nitrogen and oxygen atoms in total. The number of ether oxygens (including phenoxy) is 6. The van der Waals surface area contributed by atoms with Crippen LogP contribution in [0.15, 0.2) is 48.6 Å². The van der Waals surface area contributed by atoms with Crippen molar-refractivity contribution in [1.29, 1.82) is 0 Å². The average Bonchev–Trinajstić information content (AvgIpc) is 3.28. The van der Waals surface area contributed by atoms with Crippen LogP contribution in [-0.2, 0) is 38.0 Å². The van der Waals surface area contributed by atoms with Gasteiger partial charge in [0.15, 0.2) is 18.7 Å². The molecule has 2 rings (SSSR count). The fraction of sp³-hybridized carbons (Fsp3) is 0.792. The lowest BCUT2D eigenvalue weighted by Crippen LogP contribution is -2.61. The second kappa shape index (κ2) is 35.7. The first-order chi connectivity index (χ1) is 30.5. The Hall–Kier alpha value is -2.54. The van der Waals surface area contributed by atoms with E-state index in [1.54, 1.807) is 0 Å². The number of aliphatic hydroxyl groups is 7. The Kier molecular flexibility index (Phi) is 32.1. The first-order valence-corrected chi connectivity index (χ1v) is 23.8. The molecular formula is C48H82O15. The normalized spacial score (nSPS) is 27.3. The fourth-order valence-corrected chi connectivity index (χ4v) is 7.23. The first kappa shape index (κ1) is 56.6. The summed E-state index contributed by atoms with van der Waals surface area (Å²) in [6.07, 6.45) is 20.1. The van der Waals surface area contributed by atoms with Gasteiger partial charge in [0.05, 0.1) is 19.8 Å². The van der Waals surface area contributed by atoms with Crippen molar-refractivity contribution in [1.82, 2.24) is 0 Å². The summed E-state index contributed by atoms with van der Waals surface area (Å²) in [6, 6.07) is 0. The van der Waals surface area contributed by atoms with Gasteiger partial charge in [-0.05, 0) is 32.1 Å². The SMILES string of the molecule is CC/C=C/C=C/C=C/C=C/CCCCCC(=O)OC(COC(=O)CCCCCCCCCCCCCCCC)CO[C@@H]1O[C@H](CO[C@@H]2O[C@H](CO)[C@H](O)C(O)C2O)[C@H](O)C(O)C1O. The smallest absolute Gasteiger partial charge is 0.306 e. The number of carbonyl (C=O) groups excluding carboxylic acids is 2. The minimum absolute atomic E-state index is 0.119. The Bertz CT molecular complexity index is 1290. The van der Waals surface area contributed by atoms with E-state index < -0.39 is 99.3 Å². The van der Waals surface area contributed by atoms with Gasteiger partial charge in [0.25, 0.3) is 0 Å². The lowest BCUT2D eigenvalue weighted by Gasteiger charge is -2.42. The van der Waals surface area contributed by atoms with Crippen molar-refractivity contribution in [3.8, 4) is 0 Å². The maximum Gasteiger partial charge on any atom is 0.306 e. The second-order valence-electron chi connectivity index (χ2n) is 16.7. The highest BCUT2D eigenvalue weighted by Gasteiger charge is 2.47. The van der Waals surface area contributed by atoms with Crippen molar-refractivity contribution >= 4 is 11.9 Å². The van der Waals surface area contributed by atoms with Crippen LogP contribution in [0.3, 0.4) is 0 Å². The summed E-state index contributed by atoms with van der Waals surface area (Å²) < 4.78 is 33.4. The van der Waals surface area contributed by atoms with Crippen molar-refractivity contribution < 1.29 is 73.8 Å². The molecule has 0 aliphatic carbocycles. The lowest BCUT2D eigenvalue weighted by molar-refractivity contribution is -0.332. The molecule has 5 unspecified atom stereocenters. The van der Waals surface area contributed by atoms with Crippen molar-refractivity contribution in [2.45, 2.75) is 216 Å². The van der Waals surface area contributed by atoms with Gasteiger partial charge in [0.1, 0.15) is 55.4 Å². The summed E-state index contributed by atoms with van der Waals surface area (Å²) >= 11 is 0. The molecule has 2 saturated heterocycles. The van der Waals surface area contributed by atoms with Gasteiger partial charge >= 0.3 is 11.9 Å². The van der Waals surface area contributed by atoms with Crippen LogP contribution in [0.2, 0.25) is 0 Å². The molecule has 0 aromatic rings. The topological polar surface area (TPSA) is 231 Å². The van der Waals surface area contributed by atoms with Gasteiger partial charge in [-0.2, -0.15) is 0 Å². The Morgan fingerprint density at radius 3 is 1.57 bits per heavy atom. The maximum atomic E-state index is 12.9. The molecule has 0 aromatic heterocycles. The fourth-order valence-electron chi connectivity index (χ4n) is 7.23. The molecule has 0 amide bonds. The van der Waals surface area contributed by atoms with Crippen LogP contribution in [0.1, 0.15) is 149 Å². The van der Waals surface area contributed by atoms with E-state index in [1.807, 2.05) is 36.5 Å². The molecule has 11 atom stereocenters. The third-order valence-electron chi connectivity index (χ3n) is 11.2. The lowest BCUT2D eigenvalue weighted by atomic mass is 9.98. The number of aliphatic hydroxyl groups excluding tert-OH is 7. The van der Waals surface area contributed by atoms with E-state index in [4.69, 9.17) is 28.4 Å². The van der Waals surface area contributed by atoms with Crippen LogP contribution < -0.4 is 0 Å². The van der Waals surface area contributed by atoms with Crippen LogP contribution in [-0.4, -0.2) is 142 Å². The summed E-state index contributed by atoms with van der Waals surface area (Å²) in [5.41, 5.74) is 0. The van der Waals surface area contributed by atoms with Gasteiger partial charge < -0.3 is 64.2 Å². The predicted octanol–water partition coefficient (Wildman–Crippen LogP) is 5.54. The summed E-state index contributed by atoms with van der Waals surface area (Å²) in [5.74, 6) is -0.972. The van der Waals surface area contributed by atoms with E-state index >= 15 is 0 Å². The highest BCUT2D eigenvalue weighted by Crippen LogP contribution is 2.26. The average molecular weight is 899 g/mol. The van der Waals surface area contributed by atoms with Crippen LogP contribution in [0, 0.1) is 0 Å². The van der Waals surface area contributed by atoms with Crippen LogP contribution in [0.25, 0.3) is 0 Å². The van der Waals surface area contributed by atoms with Gasteiger partial charge in [-0.3, -0.25) is 9.59 Å². The highest BCUT2D eigenvalue weighted by molar-refractivity contribution is 5.70. The predicted molar refractivity (Wildman–Crippen MR) is 238 cm³/mol. The zero-order chi connectivity index (χ0) is 46.1. The molecular weight excluding hydrogens is 817 g/mol. The van der Waals surface area contributed by atoms with E-state index in [2.05, 4.69) is 26.0 Å². The Balaban J connectivity index is 1.86. The van der Waals surface area contributed by atoms with Crippen LogP contribution >= 0.6 is 0 Å². The van der Waals surface area contributed by atoms with Crippen molar-refractivity contribution in [2.75, 3.05) is 26.4 Å². The quantitative estimate of drug-likeness (QED) is 0.0235. The molecule has 63 heavy (non-hydrogen) atoms. The van der Waals surface area contributed by atoms with Gasteiger partial charge in [-0.25, -0.2) is 0 Å². The Morgan fingerprint density at radius 1 is 0.524 bits per heavy atom. The van der Waals surface area contributed by atoms with E-state index in [9.17, 15) is 45.3 Å². The summed E-state index contributed by atoms with van der Waals surface area (Å²) in [4.78, 5) is 25.6. The first-order valence-electron chi connectivity index (χ1n) is 23.8. The molecule has 7 N–H and O–H groups in total. The van der Waals surface area contributed by atoms with Crippen LogP contribution in [0.4, 0.5) is 0 Å². The zero-order valence-electron chi connectivity index (χ0n) is 38.0. The van der Waals surface area contributed by atoms with Gasteiger partial charge in [-0.15, -0.1) is 0 Å². The number of esters is 2. The van der Waals surface area contributed by atoms with E-state index in [0.29, 0.717) is 12.8 Å².